The lowest BCUT2D eigenvalue weighted by Crippen LogP contribution is -2.48. The molecule has 1 heterocycles. The molecule has 0 radical (unpaired) electrons. The van der Waals surface area contributed by atoms with Gasteiger partial charge in [0.2, 0.25) is 5.91 Å². The van der Waals surface area contributed by atoms with Crippen molar-refractivity contribution in [1.82, 2.24) is 4.98 Å². The summed E-state index contributed by atoms with van der Waals surface area (Å²) < 4.78 is 0. The van der Waals surface area contributed by atoms with Crippen LogP contribution in [0.25, 0.3) is 11.3 Å². The highest BCUT2D eigenvalue weighted by molar-refractivity contribution is 7.14. The Hall–Kier alpha value is -1.68. The molecule has 4 bridgehead atoms. The largest absolute Gasteiger partial charge is 0.288 e. The number of hydrogen-bond acceptors (Lipinski definition) is 3. The predicted molar refractivity (Wildman–Crippen MR) is 111 cm³/mol. The fraction of sp³-hybridized carbons (Fsp3) is 0.565. The second kappa shape index (κ2) is 6.73. The van der Waals surface area contributed by atoms with E-state index in [0.29, 0.717) is 12.0 Å². The molecular formula is C23H28N2OS. The molecule has 4 aliphatic rings. The van der Waals surface area contributed by atoms with Crippen molar-refractivity contribution in [2.24, 2.45) is 23.2 Å². The summed E-state index contributed by atoms with van der Waals surface area (Å²) in [7, 11) is 0. The van der Waals surface area contributed by atoms with Gasteiger partial charge in [0, 0.05) is 23.9 Å². The standard InChI is InChI=1S/C23H28N2OS/c1-2-25(22-24-20(15-27-22)19-6-4-3-5-7-19)21(26)14-23-11-16-8-17(12-23)10-18(9-16)13-23/h3-7,15-18H,2,8-14H2,1H3. The smallest absolute Gasteiger partial charge is 0.229 e. The van der Waals surface area contributed by atoms with E-state index in [0.717, 1.165) is 40.6 Å². The molecule has 0 atom stereocenters. The van der Waals surface area contributed by atoms with Gasteiger partial charge in [0.05, 0.1) is 5.69 Å². The Morgan fingerprint density at radius 2 is 1.74 bits per heavy atom. The molecule has 1 amide bonds. The van der Waals surface area contributed by atoms with Crippen LogP contribution in [0, 0.1) is 23.2 Å². The summed E-state index contributed by atoms with van der Waals surface area (Å²) in [6, 6.07) is 10.2. The Labute approximate surface area is 165 Å². The summed E-state index contributed by atoms with van der Waals surface area (Å²) in [5.41, 5.74) is 2.37. The molecule has 4 aliphatic carbocycles. The molecule has 4 saturated carbocycles. The number of anilines is 1. The van der Waals surface area contributed by atoms with E-state index in [4.69, 9.17) is 4.98 Å². The van der Waals surface area contributed by atoms with Crippen molar-refractivity contribution in [3.8, 4) is 11.3 Å². The van der Waals surface area contributed by atoms with Crippen LogP contribution in [-0.4, -0.2) is 17.4 Å². The van der Waals surface area contributed by atoms with E-state index in [2.05, 4.69) is 24.4 Å². The lowest BCUT2D eigenvalue weighted by atomic mass is 9.49. The van der Waals surface area contributed by atoms with Gasteiger partial charge in [-0.15, -0.1) is 11.3 Å². The molecule has 27 heavy (non-hydrogen) atoms. The van der Waals surface area contributed by atoms with Crippen LogP contribution in [0.4, 0.5) is 5.13 Å². The van der Waals surface area contributed by atoms with Crippen LogP contribution < -0.4 is 4.90 Å². The zero-order valence-corrected chi connectivity index (χ0v) is 16.9. The predicted octanol–water partition coefficient (Wildman–Crippen LogP) is 5.77. The molecule has 4 heteroatoms. The fourth-order valence-electron chi connectivity index (χ4n) is 6.47. The number of thiazole rings is 1. The van der Waals surface area contributed by atoms with Crippen molar-refractivity contribution in [2.45, 2.75) is 51.9 Å². The Morgan fingerprint density at radius 1 is 1.11 bits per heavy atom. The molecule has 4 fully saturated rings. The van der Waals surface area contributed by atoms with Crippen molar-refractivity contribution < 1.29 is 4.79 Å². The molecule has 1 aromatic carbocycles. The minimum Gasteiger partial charge on any atom is -0.288 e. The number of rotatable bonds is 5. The van der Waals surface area contributed by atoms with Crippen molar-refractivity contribution in [2.75, 3.05) is 11.4 Å². The summed E-state index contributed by atoms with van der Waals surface area (Å²) in [4.78, 5) is 20.0. The molecule has 0 N–H and O–H groups in total. The van der Waals surface area contributed by atoms with E-state index < -0.39 is 0 Å². The maximum atomic E-state index is 13.3. The first-order valence-electron chi connectivity index (χ1n) is 10.5. The first-order valence-corrected chi connectivity index (χ1v) is 11.3. The zero-order chi connectivity index (χ0) is 18.4. The van der Waals surface area contributed by atoms with Crippen LogP contribution in [-0.2, 0) is 4.79 Å². The van der Waals surface area contributed by atoms with Crippen LogP contribution in [0.3, 0.4) is 0 Å². The first-order chi connectivity index (χ1) is 13.1. The van der Waals surface area contributed by atoms with E-state index in [1.165, 1.54) is 38.5 Å². The van der Waals surface area contributed by atoms with Gasteiger partial charge in [-0.3, -0.25) is 9.69 Å². The lowest BCUT2D eigenvalue weighted by molar-refractivity contribution is -0.126. The van der Waals surface area contributed by atoms with Gasteiger partial charge in [-0.05, 0) is 68.6 Å². The third-order valence-corrected chi connectivity index (χ3v) is 7.96. The van der Waals surface area contributed by atoms with Crippen molar-refractivity contribution in [1.29, 1.82) is 0 Å². The highest BCUT2D eigenvalue weighted by Gasteiger charge is 2.51. The number of amides is 1. The molecule has 3 nitrogen and oxygen atoms in total. The number of carbonyl (C=O) groups is 1. The van der Waals surface area contributed by atoms with E-state index >= 15 is 0 Å². The van der Waals surface area contributed by atoms with Crippen LogP contribution in [0.5, 0.6) is 0 Å². The van der Waals surface area contributed by atoms with E-state index in [1.807, 2.05) is 23.1 Å². The number of hydrogen-bond donors (Lipinski definition) is 0. The van der Waals surface area contributed by atoms with Gasteiger partial charge in [-0.25, -0.2) is 4.98 Å². The third-order valence-electron chi connectivity index (χ3n) is 7.10. The fourth-order valence-corrected chi connectivity index (χ4v) is 7.39. The topological polar surface area (TPSA) is 33.2 Å². The molecule has 1 aromatic heterocycles. The SMILES string of the molecule is CCN(C(=O)CC12CC3CC(CC(C3)C1)C2)c1nc(-c2ccccc2)cs1. The summed E-state index contributed by atoms with van der Waals surface area (Å²) in [5, 5.41) is 2.93. The molecule has 0 aliphatic heterocycles. The molecule has 0 spiro atoms. The van der Waals surface area contributed by atoms with Gasteiger partial charge in [-0.2, -0.15) is 0 Å². The maximum absolute atomic E-state index is 13.3. The van der Waals surface area contributed by atoms with Crippen molar-refractivity contribution >= 4 is 22.4 Å². The van der Waals surface area contributed by atoms with Gasteiger partial charge in [-0.1, -0.05) is 30.3 Å². The van der Waals surface area contributed by atoms with E-state index in [-0.39, 0.29) is 5.91 Å². The monoisotopic (exact) mass is 380 g/mol. The van der Waals surface area contributed by atoms with Gasteiger partial charge in [0.1, 0.15) is 0 Å². The summed E-state index contributed by atoms with van der Waals surface area (Å²) in [5.74, 6) is 2.96. The lowest BCUT2D eigenvalue weighted by Gasteiger charge is -2.56. The Bertz CT molecular complexity index is 793. The summed E-state index contributed by atoms with van der Waals surface area (Å²) in [6.07, 6.45) is 8.87. The van der Waals surface area contributed by atoms with Gasteiger partial charge in [0.25, 0.3) is 0 Å². The first kappa shape index (κ1) is 17.4. The number of carbonyl (C=O) groups excluding carboxylic acids is 1. The zero-order valence-electron chi connectivity index (χ0n) is 16.1. The highest BCUT2D eigenvalue weighted by Crippen LogP contribution is 2.61. The Morgan fingerprint density at radius 3 is 2.33 bits per heavy atom. The Kier molecular flexibility index (Phi) is 4.34. The minimum atomic E-state index is 0.286. The van der Waals surface area contributed by atoms with Gasteiger partial charge >= 0.3 is 0 Å². The maximum Gasteiger partial charge on any atom is 0.229 e. The van der Waals surface area contributed by atoms with E-state index in [9.17, 15) is 4.79 Å². The second-order valence-corrected chi connectivity index (χ2v) is 9.95. The number of nitrogens with zero attached hydrogens (tertiary/aromatic N) is 2. The van der Waals surface area contributed by atoms with Crippen molar-refractivity contribution in [3.63, 3.8) is 0 Å². The number of aromatic nitrogens is 1. The third kappa shape index (κ3) is 3.22. The van der Waals surface area contributed by atoms with Crippen LogP contribution in [0.2, 0.25) is 0 Å². The quantitative estimate of drug-likeness (QED) is 0.660. The van der Waals surface area contributed by atoms with Gasteiger partial charge in [0.15, 0.2) is 5.13 Å². The summed E-state index contributed by atoms with van der Waals surface area (Å²) in [6.45, 7) is 2.77. The van der Waals surface area contributed by atoms with Crippen molar-refractivity contribution in [3.05, 3.63) is 35.7 Å². The average Bonchev–Trinajstić information content (AvgIpc) is 3.11. The molecule has 142 valence electrons. The summed E-state index contributed by atoms with van der Waals surface area (Å²) >= 11 is 1.59. The molecular weight excluding hydrogens is 352 g/mol. The molecule has 0 saturated heterocycles. The van der Waals surface area contributed by atoms with Gasteiger partial charge < -0.3 is 0 Å². The van der Waals surface area contributed by atoms with Crippen LogP contribution in [0.1, 0.15) is 51.9 Å². The van der Waals surface area contributed by atoms with E-state index in [1.54, 1.807) is 11.3 Å². The van der Waals surface area contributed by atoms with Crippen LogP contribution in [0.15, 0.2) is 35.7 Å². The number of benzene rings is 1. The van der Waals surface area contributed by atoms with Crippen LogP contribution >= 0.6 is 11.3 Å². The average molecular weight is 381 g/mol. The Balaban J connectivity index is 1.34. The minimum absolute atomic E-state index is 0.286. The molecule has 0 unspecified atom stereocenters. The second-order valence-electron chi connectivity index (χ2n) is 9.11. The molecule has 2 aromatic rings. The highest BCUT2D eigenvalue weighted by atomic mass is 32.1. The molecule has 6 rings (SSSR count). The normalized spacial score (nSPS) is 31.2.